The number of anilines is 1. The minimum atomic E-state index is -0.307. The summed E-state index contributed by atoms with van der Waals surface area (Å²) in [5, 5.41) is 4.94. The Bertz CT molecular complexity index is 971. The molecule has 3 aromatic carbocycles. The largest absolute Gasteiger partial charge is 0.493 e. The lowest BCUT2D eigenvalue weighted by Crippen LogP contribution is -2.20. The van der Waals surface area contributed by atoms with Gasteiger partial charge in [-0.3, -0.25) is 9.59 Å². The number of fused-ring (bicyclic) bond motifs is 1. The molecule has 3 rings (SSSR count). The van der Waals surface area contributed by atoms with E-state index in [2.05, 4.69) is 21.2 Å². The van der Waals surface area contributed by atoms with Crippen LogP contribution in [0.3, 0.4) is 0 Å². The highest BCUT2D eigenvalue weighted by molar-refractivity contribution is 9.10. The molecule has 0 heterocycles. The Kier molecular flexibility index (Phi) is 5.53. The summed E-state index contributed by atoms with van der Waals surface area (Å²) in [4.78, 5) is 23.2. The maximum absolute atomic E-state index is 12.2. The summed E-state index contributed by atoms with van der Waals surface area (Å²) in [6.07, 6.45) is 0.700. The summed E-state index contributed by atoms with van der Waals surface area (Å²) in [7, 11) is 1.49. The van der Waals surface area contributed by atoms with E-state index < -0.39 is 0 Å². The van der Waals surface area contributed by atoms with Gasteiger partial charge in [0.05, 0.1) is 7.11 Å². The van der Waals surface area contributed by atoms with Gasteiger partial charge < -0.3 is 14.8 Å². The average Bonchev–Trinajstić information content (AvgIpc) is 2.66. The summed E-state index contributed by atoms with van der Waals surface area (Å²) in [5.74, 6) is 0.449. The molecule has 0 aliphatic carbocycles. The van der Waals surface area contributed by atoms with Gasteiger partial charge in [0.15, 0.2) is 24.4 Å². The fourth-order valence-corrected chi connectivity index (χ4v) is 2.94. The zero-order valence-corrected chi connectivity index (χ0v) is 15.6. The number of benzene rings is 3. The Morgan fingerprint density at radius 3 is 2.58 bits per heavy atom. The first kappa shape index (κ1) is 17.9. The van der Waals surface area contributed by atoms with Crippen molar-refractivity contribution < 1.29 is 19.1 Å². The molecule has 1 N–H and O–H groups in total. The molecule has 132 valence electrons. The van der Waals surface area contributed by atoms with Gasteiger partial charge in [-0.1, -0.05) is 30.3 Å². The average molecular weight is 414 g/mol. The molecule has 5 nitrogen and oxygen atoms in total. The third-order valence-electron chi connectivity index (χ3n) is 3.80. The highest BCUT2D eigenvalue weighted by atomic mass is 79.9. The van der Waals surface area contributed by atoms with E-state index in [0.717, 1.165) is 10.8 Å². The summed E-state index contributed by atoms with van der Waals surface area (Å²) in [5.41, 5.74) is 1.10. The van der Waals surface area contributed by atoms with Gasteiger partial charge in [-0.2, -0.15) is 0 Å². The van der Waals surface area contributed by atoms with Crippen molar-refractivity contribution in [2.45, 2.75) is 0 Å². The maximum Gasteiger partial charge on any atom is 0.262 e. The van der Waals surface area contributed by atoms with Gasteiger partial charge in [-0.15, -0.1) is 0 Å². The van der Waals surface area contributed by atoms with Crippen LogP contribution in [0, 0.1) is 0 Å². The van der Waals surface area contributed by atoms with Crippen LogP contribution in [0.2, 0.25) is 0 Å². The molecule has 0 aromatic heterocycles. The second kappa shape index (κ2) is 8.01. The molecule has 0 saturated heterocycles. The van der Waals surface area contributed by atoms with Crippen LogP contribution in [-0.4, -0.2) is 25.9 Å². The molecule has 0 atom stereocenters. The van der Waals surface area contributed by atoms with Crippen LogP contribution in [0.1, 0.15) is 10.4 Å². The number of carbonyl (C=O) groups is 2. The van der Waals surface area contributed by atoms with Gasteiger partial charge >= 0.3 is 0 Å². The molecule has 6 heteroatoms. The van der Waals surface area contributed by atoms with E-state index in [0.29, 0.717) is 33.5 Å². The number of amides is 1. The van der Waals surface area contributed by atoms with Crippen LogP contribution in [-0.2, 0) is 4.79 Å². The number of rotatable bonds is 6. The second-order valence-corrected chi connectivity index (χ2v) is 6.40. The number of hydrogen-bond donors (Lipinski definition) is 1. The van der Waals surface area contributed by atoms with Gasteiger partial charge in [-0.25, -0.2) is 0 Å². The molecule has 3 aromatic rings. The summed E-state index contributed by atoms with van der Waals surface area (Å²) < 4.78 is 11.3. The zero-order chi connectivity index (χ0) is 18.5. The fourth-order valence-electron chi connectivity index (χ4n) is 2.52. The van der Waals surface area contributed by atoms with Crippen molar-refractivity contribution in [3.8, 4) is 11.5 Å². The number of aldehydes is 1. The SMILES string of the molecule is COc1cc(Br)c(C=O)cc1OCC(=O)Nc1ccc2ccccc2c1. The maximum atomic E-state index is 12.2. The van der Waals surface area contributed by atoms with Crippen molar-refractivity contribution in [1.82, 2.24) is 0 Å². The summed E-state index contributed by atoms with van der Waals surface area (Å²) in [6, 6.07) is 16.7. The van der Waals surface area contributed by atoms with Gasteiger partial charge in [0, 0.05) is 15.7 Å². The Morgan fingerprint density at radius 1 is 1.08 bits per heavy atom. The lowest BCUT2D eigenvalue weighted by atomic mass is 10.1. The van der Waals surface area contributed by atoms with Gasteiger partial charge in [0.25, 0.3) is 5.91 Å². The van der Waals surface area contributed by atoms with E-state index in [9.17, 15) is 9.59 Å². The van der Waals surface area contributed by atoms with Crippen molar-refractivity contribution in [3.63, 3.8) is 0 Å². The Hall–Kier alpha value is -2.86. The number of methoxy groups -OCH3 is 1. The first-order valence-electron chi connectivity index (χ1n) is 7.85. The fraction of sp³-hybridized carbons (Fsp3) is 0.100. The highest BCUT2D eigenvalue weighted by Gasteiger charge is 2.12. The summed E-state index contributed by atoms with van der Waals surface area (Å²) >= 11 is 3.28. The molecular weight excluding hydrogens is 398 g/mol. The Balaban J connectivity index is 1.69. The standard InChI is InChI=1S/C20H16BrNO4/c1-25-18-10-17(21)15(11-23)9-19(18)26-12-20(24)22-16-7-6-13-4-2-3-5-14(13)8-16/h2-11H,12H2,1H3,(H,22,24). The highest BCUT2D eigenvalue weighted by Crippen LogP contribution is 2.32. The van der Waals surface area contributed by atoms with Gasteiger partial charge in [-0.05, 0) is 51.0 Å². The molecule has 0 fully saturated rings. The number of hydrogen-bond acceptors (Lipinski definition) is 4. The van der Waals surface area contributed by atoms with Crippen LogP contribution < -0.4 is 14.8 Å². The molecule has 0 radical (unpaired) electrons. The minimum Gasteiger partial charge on any atom is -0.493 e. The molecule has 26 heavy (non-hydrogen) atoms. The second-order valence-electron chi connectivity index (χ2n) is 5.54. The van der Waals surface area contributed by atoms with Crippen molar-refractivity contribution in [2.75, 3.05) is 19.0 Å². The van der Waals surface area contributed by atoms with E-state index in [4.69, 9.17) is 9.47 Å². The Labute approximate surface area is 159 Å². The molecule has 1 amide bonds. The van der Waals surface area contributed by atoms with Crippen LogP contribution in [0.15, 0.2) is 59.1 Å². The first-order chi connectivity index (χ1) is 12.6. The van der Waals surface area contributed by atoms with E-state index in [-0.39, 0.29) is 12.5 Å². The third-order valence-corrected chi connectivity index (χ3v) is 4.49. The van der Waals surface area contributed by atoms with Crippen molar-refractivity contribution >= 4 is 44.6 Å². The Morgan fingerprint density at radius 2 is 1.85 bits per heavy atom. The topological polar surface area (TPSA) is 64.6 Å². The number of carbonyl (C=O) groups excluding carboxylic acids is 2. The predicted molar refractivity (Wildman–Crippen MR) is 104 cm³/mol. The van der Waals surface area contributed by atoms with Crippen LogP contribution >= 0.6 is 15.9 Å². The number of halogens is 1. The van der Waals surface area contributed by atoms with E-state index in [1.807, 2.05) is 42.5 Å². The van der Waals surface area contributed by atoms with E-state index in [1.54, 1.807) is 6.07 Å². The number of nitrogens with one attached hydrogen (secondary N) is 1. The van der Waals surface area contributed by atoms with E-state index >= 15 is 0 Å². The summed E-state index contributed by atoms with van der Waals surface area (Å²) in [6.45, 7) is -0.205. The van der Waals surface area contributed by atoms with E-state index in [1.165, 1.54) is 13.2 Å². The molecule has 0 aliphatic heterocycles. The monoisotopic (exact) mass is 413 g/mol. The lowest BCUT2D eigenvalue weighted by molar-refractivity contribution is -0.118. The van der Waals surface area contributed by atoms with Crippen LogP contribution in [0.4, 0.5) is 5.69 Å². The first-order valence-corrected chi connectivity index (χ1v) is 8.64. The number of ether oxygens (including phenoxy) is 2. The zero-order valence-electron chi connectivity index (χ0n) is 14.0. The van der Waals surface area contributed by atoms with Crippen molar-refractivity contribution in [3.05, 3.63) is 64.6 Å². The molecular formula is C20H16BrNO4. The smallest absolute Gasteiger partial charge is 0.262 e. The van der Waals surface area contributed by atoms with Crippen LogP contribution in [0.25, 0.3) is 10.8 Å². The van der Waals surface area contributed by atoms with Gasteiger partial charge in [0.2, 0.25) is 0 Å². The van der Waals surface area contributed by atoms with Crippen molar-refractivity contribution in [2.24, 2.45) is 0 Å². The molecule has 0 unspecified atom stereocenters. The quantitative estimate of drug-likeness (QED) is 0.606. The lowest BCUT2D eigenvalue weighted by Gasteiger charge is -2.12. The molecule has 0 spiro atoms. The normalized spacial score (nSPS) is 10.4. The van der Waals surface area contributed by atoms with Crippen molar-refractivity contribution in [1.29, 1.82) is 0 Å². The third kappa shape index (κ3) is 4.03. The van der Waals surface area contributed by atoms with Crippen LogP contribution in [0.5, 0.6) is 11.5 Å². The molecule has 0 aliphatic rings. The minimum absolute atomic E-state index is 0.205. The van der Waals surface area contributed by atoms with Gasteiger partial charge in [0.1, 0.15) is 0 Å². The molecule has 0 bridgehead atoms. The predicted octanol–water partition coefficient (Wildman–Crippen LogP) is 4.44. The molecule has 0 saturated carbocycles.